The molecule has 0 aliphatic carbocycles. The molecule has 5 nitrogen and oxygen atoms in total. The first-order valence-corrected chi connectivity index (χ1v) is 9.86. The van der Waals surface area contributed by atoms with Crippen LogP contribution in [0.2, 0.25) is 0 Å². The van der Waals surface area contributed by atoms with E-state index in [2.05, 4.69) is 26.1 Å². The summed E-state index contributed by atoms with van der Waals surface area (Å²) in [5.74, 6) is 0.833. The Morgan fingerprint density at radius 1 is 1.11 bits per heavy atom. The number of aliphatic hydroxyl groups is 1. The van der Waals surface area contributed by atoms with E-state index >= 15 is 0 Å². The fourth-order valence-corrected chi connectivity index (χ4v) is 1.97. The maximum atomic E-state index is 11.4. The van der Waals surface area contributed by atoms with Crippen molar-refractivity contribution < 1.29 is 19.4 Å². The molecule has 1 aromatic rings. The third kappa shape index (κ3) is 19.0. The van der Waals surface area contributed by atoms with Gasteiger partial charge in [-0.3, -0.25) is 0 Å². The minimum atomic E-state index is -0.559. The molecular weight excluding hydrogens is 342 g/mol. The molecule has 0 bridgehead atoms. The second-order valence-electron chi connectivity index (χ2n) is 8.30. The number of carbonyl (C=O) groups excluding carboxylic acids is 1. The van der Waals surface area contributed by atoms with E-state index < -0.39 is 17.8 Å². The number of benzene rings is 1. The van der Waals surface area contributed by atoms with E-state index in [0.717, 1.165) is 24.3 Å². The van der Waals surface area contributed by atoms with Gasteiger partial charge in [-0.25, -0.2) is 4.79 Å². The zero-order chi connectivity index (χ0) is 20.7. The molecule has 1 rings (SSSR count). The van der Waals surface area contributed by atoms with Crippen molar-refractivity contribution in [3.63, 3.8) is 0 Å². The fraction of sp³-hybridized carbons (Fsp3) is 0.682. The van der Waals surface area contributed by atoms with Crippen molar-refractivity contribution in [2.75, 3.05) is 13.2 Å². The predicted molar refractivity (Wildman–Crippen MR) is 111 cm³/mol. The summed E-state index contributed by atoms with van der Waals surface area (Å²) in [7, 11) is 0. The molecule has 1 unspecified atom stereocenters. The molecule has 156 valence electrons. The minimum Gasteiger partial charge on any atom is -0.444 e. The summed E-state index contributed by atoms with van der Waals surface area (Å²) >= 11 is 0. The summed E-state index contributed by atoms with van der Waals surface area (Å²) in [5.41, 5.74) is 0.639. The van der Waals surface area contributed by atoms with Gasteiger partial charge in [-0.05, 0) is 51.5 Å². The lowest BCUT2D eigenvalue weighted by Crippen LogP contribution is -2.36. The van der Waals surface area contributed by atoms with Crippen molar-refractivity contribution in [2.45, 2.75) is 79.1 Å². The Bertz CT molecular complexity index is 480. The highest BCUT2D eigenvalue weighted by atomic mass is 16.6. The Morgan fingerprint density at radius 3 is 2.26 bits per heavy atom. The minimum absolute atomic E-state index is 0.208. The second kappa shape index (κ2) is 14.5. The fourth-order valence-electron chi connectivity index (χ4n) is 1.97. The van der Waals surface area contributed by atoms with Crippen LogP contribution in [0.4, 0.5) is 4.79 Å². The molecule has 1 aromatic carbocycles. The smallest absolute Gasteiger partial charge is 0.407 e. The number of aliphatic hydroxyl groups excluding tert-OH is 1. The lowest BCUT2D eigenvalue weighted by Gasteiger charge is -2.20. The van der Waals surface area contributed by atoms with Gasteiger partial charge in [0.15, 0.2) is 0 Å². The van der Waals surface area contributed by atoms with Crippen LogP contribution in [0.1, 0.15) is 66.4 Å². The van der Waals surface area contributed by atoms with Gasteiger partial charge in [-0.15, -0.1) is 0 Å². The topological polar surface area (TPSA) is 67.8 Å². The number of rotatable bonds is 9. The Labute approximate surface area is 165 Å². The Kier molecular flexibility index (Phi) is 13.6. The number of hydrogen-bond donors (Lipinski definition) is 2. The van der Waals surface area contributed by atoms with E-state index in [9.17, 15) is 9.90 Å². The summed E-state index contributed by atoms with van der Waals surface area (Å²) in [6.07, 6.45) is 1.31. The first kappa shape index (κ1) is 25.4. The third-order valence-electron chi connectivity index (χ3n) is 3.07. The monoisotopic (exact) mass is 381 g/mol. The van der Waals surface area contributed by atoms with Gasteiger partial charge in [0.2, 0.25) is 0 Å². The highest BCUT2D eigenvalue weighted by Crippen LogP contribution is 2.07. The SMILES string of the molecule is CC(C)(C)OC(=O)NCC(O)CCCCOCc1ccccc1.CC(C)C. The first-order chi connectivity index (χ1) is 12.6. The van der Waals surface area contributed by atoms with Gasteiger partial charge in [0.1, 0.15) is 5.60 Å². The average Bonchev–Trinajstić information content (AvgIpc) is 2.55. The molecule has 0 radical (unpaired) electrons. The quantitative estimate of drug-likeness (QED) is 0.596. The summed E-state index contributed by atoms with van der Waals surface area (Å²) in [4.78, 5) is 11.4. The molecule has 5 heteroatoms. The zero-order valence-corrected chi connectivity index (χ0v) is 18.0. The van der Waals surface area contributed by atoms with Crippen molar-refractivity contribution in [1.82, 2.24) is 5.32 Å². The van der Waals surface area contributed by atoms with Crippen molar-refractivity contribution >= 4 is 6.09 Å². The Morgan fingerprint density at radius 2 is 1.70 bits per heavy atom. The molecule has 0 spiro atoms. The number of ether oxygens (including phenoxy) is 2. The molecule has 0 saturated carbocycles. The van der Waals surface area contributed by atoms with E-state index in [0.29, 0.717) is 19.6 Å². The van der Waals surface area contributed by atoms with E-state index in [4.69, 9.17) is 9.47 Å². The molecule has 0 heterocycles. The van der Waals surface area contributed by atoms with Crippen molar-refractivity contribution in [1.29, 1.82) is 0 Å². The summed E-state index contributed by atoms with van der Waals surface area (Å²) < 4.78 is 10.7. The standard InChI is InChI=1S/C18H29NO4.C4H10/c1-18(2,3)23-17(21)19-13-16(20)11-7-8-12-22-14-15-9-5-4-6-10-15;1-4(2)3/h4-6,9-10,16,20H,7-8,11-14H2,1-3H3,(H,19,21);4H,1-3H3. The maximum absolute atomic E-state index is 11.4. The van der Waals surface area contributed by atoms with Crippen LogP contribution in [-0.4, -0.2) is 36.1 Å². The number of hydrogen-bond acceptors (Lipinski definition) is 4. The van der Waals surface area contributed by atoms with Gasteiger partial charge in [-0.1, -0.05) is 51.1 Å². The lowest BCUT2D eigenvalue weighted by molar-refractivity contribution is 0.0485. The van der Waals surface area contributed by atoms with E-state index in [-0.39, 0.29) is 6.54 Å². The second-order valence-corrected chi connectivity index (χ2v) is 8.30. The van der Waals surface area contributed by atoms with Crippen LogP contribution in [0.25, 0.3) is 0 Å². The highest BCUT2D eigenvalue weighted by molar-refractivity contribution is 5.67. The van der Waals surface area contributed by atoms with E-state index in [1.54, 1.807) is 20.8 Å². The van der Waals surface area contributed by atoms with E-state index in [1.165, 1.54) is 0 Å². The van der Waals surface area contributed by atoms with Crippen molar-refractivity contribution in [2.24, 2.45) is 5.92 Å². The van der Waals surface area contributed by atoms with Gasteiger partial charge in [0.25, 0.3) is 0 Å². The van der Waals surface area contributed by atoms with Crippen LogP contribution in [0.3, 0.4) is 0 Å². The molecule has 0 aliphatic rings. The van der Waals surface area contributed by atoms with Gasteiger partial charge in [0.05, 0.1) is 12.7 Å². The molecule has 0 aliphatic heterocycles. The summed E-state index contributed by atoms with van der Waals surface area (Å²) in [6, 6.07) is 10.0. The third-order valence-corrected chi connectivity index (χ3v) is 3.07. The first-order valence-electron chi connectivity index (χ1n) is 9.86. The van der Waals surface area contributed by atoms with Crippen LogP contribution in [-0.2, 0) is 16.1 Å². The molecule has 0 saturated heterocycles. The Hall–Kier alpha value is -1.59. The molecule has 0 fully saturated rings. The number of carbonyl (C=O) groups is 1. The average molecular weight is 382 g/mol. The summed E-state index contributed by atoms with van der Waals surface area (Å²) in [5, 5.41) is 12.4. The van der Waals surface area contributed by atoms with Crippen LogP contribution >= 0.6 is 0 Å². The highest BCUT2D eigenvalue weighted by Gasteiger charge is 2.16. The Balaban J connectivity index is 0.00000153. The molecule has 0 aromatic heterocycles. The number of alkyl carbamates (subject to hydrolysis) is 1. The molecule has 1 amide bonds. The van der Waals surface area contributed by atoms with Crippen LogP contribution in [0.15, 0.2) is 30.3 Å². The lowest BCUT2D eigenvalue weighted by atomic mass is 10.1. The van der Waals surface area contributed by atoms with Gasteiger partial charge in [-0.2, -0.15) is 0 Å². The molecule has 27 heavy (non-hydrogen) atoms. The summed E-state index contributed by atoms with van der Waals surface area (Å²) in [6.45, 7) is 13.4. The number of nitrogens with one attached hydrogen (secondary N) is 1. The van der Waals surface area contributed by atoms with Crippen LogP contribution in [0, 0.1) is 5.92 Å². The normalized spacial score (nSPS) is 12.1. The van der Waals surface area contributed by atoms with Crippen molar-refractivity contribution in [3.8, 4) is 0 Å². The van der Waals surface area contributed by atoms with Crippen LogP contribution in [0.5, 0.6) is 0 Å². The van der Waals surface area contributed by atoms with Gasteiger partial charge >= 0.3 is 6.09 Å². The van der Waals surface area contributed by atoms with Gasteiger partial charge < -0.3 is 19.9 Å². The largest absolute Gasteiger partial charge is 0.444 e. The van der Waals surface area contributed by atoms with Gasteiger partial charge in [0, 0.05) is 13.2 Å². The van der Waals surface area contributed by atoms with Crippen molar-refractivity contribution in [3.05, 3.63) is 35.9 Å². The molecule has 1 atom stereocenters. The van der Waals surface area contributed by atoms with E-state index in [1.807, 2.05) is 30.3 Å². The zero-order valence-electron chi connectivity index (χ0n) is 18.0. The molecular formula is C22H39NO4. The van der Waals surface area contributed by atoms with Crippen LogP contribution < -0.4 is 5.32 Å². The molecule has 2 N–H and O–H groups in total. The predicted octanol–water partition coefficient (Wildman–Crippen LogP) is 4.92. The number of amides is 1. The maximum Gasteiger partial charge on any atom is 0.407 e. The number of unbranched alkanes of at least 4 members (excludes halogenated alkanes) is 1.